The molecule has 0 aromatic heterocycles. The number of rotatable bonds is 7. The molecule has 1 heterocycles. The van der Waals surface area contributed by atoms with Crippen LogP contribution in [0.15, 0.2) is 0 Å². The van der Waals surface area contributed by atoms with Gasteiger partial charge in [0.2, 0.25) is 0 Å². The molecule has 0 radical (unpaired) electrons. The Balaban J connectivity index is 1.47. The van der Waals surface area contributed by atoms with Crippen LogP contribution in [0.25, 0.3) is 0 Å². The summed E-state index contributed by atoms with van der Waals surface area (Å²) in [6.07, 6.45) is 4.16. The van der Waals surface area contributed by atoms with Crippen molar-refractivity contribution in [1.82, 2.24) is 9.80 Å². The Morgan fingerprint density at radius 1 is 0.792 bits per heavy atom. The monoisotopic (exact) mass is 338 g/mol. The predicted octanol–water partition coefficient (Wildman–Crippen LogP) is 4.13. The van der Waals surface area contributed by atoms with E-state index in [9.17, 15) is 0 Å². The second-order valence-electron chi connectivity index (χ2n) is 10.7. The van der Waals surface area contributed by atoms with Crippen LogP contribution in [-0.2, 0) is 4.74 Å². The topological polar surface area (TPSA) is 15.7 Å². The Kier molecular flexibility index (Phi) is 7.16. The van der Waals surface area contributed by atoms with Crippen molar-refractivity contribution in [3.05, 3.63) is 0 Å². The molecule has 3 heteroatoms. The van der Waals surface area contributed by atoms with Gasteiger partial charge in [0.15, 0.2) is 0 Å². The highest BCUT2D eigenvalue weighted by atomic mass is 16.5. The summed E-state index contributed by atoms with van der Waals surface area (Å²) in [6.45, 7) is 23.2. The van der Waals surface area contributed by atoms with Gasteiger partial charge in [-0.05, 0) is 41.9 Å². The maximum atomic E-state index is 5.97. The quantitative estimate of drug-likeness (QED) is 0.649. The molecule has 24 heavy (non-hydrogen) atoms. The van der Waals surface area contributed by atoms with Gasteiger partial charge in [0, 0.05) is 45.9 Å². The van der Waals surface area contributed by atoms with E-state index in [-0.39, 0.29) is 0 Å². The van der Waals surface area contributed by atoms with Crippen molar-refractivity contribution in [3.8, 4) is 0 Å². The Morgan fingerprint density at radius 3 is 1.92 bits per heavy atom. The van der Waals surface area contributed by atoms with Crippen LogP contribution in [0.4, 0.5) is 0 Å². The van der Waals surface area contributed by atoms with Crippen LogP contribution < -0.4 is 0 Å². The van der Waals surface area contributed by atoms with Crippen molar-refractivity contribution < 1.29 is 4.74 Å². The summed E-state index contributed by atoms with van der Waals surface area (Å²) in [7, 11) is 0. The number of nitrogens with zero attached hydrogens (tertiary/aromatic N) is 2. The second-order valence-corrected chi connectivity index (χ2v) is 10.7. The van der Waals surface area contributed by atoms with Crippen molar-refractivity contribution in [2.24, 2.45) is 22.7 Å². The summed E-state index contributed by atoms with van der Waals surface area (Å²) in [5.41, 5.74) is 0.907. The molecule has 0 N–H and O–H groups in total. The normalized spacial score (nSPS) is 27.2. The minimum atomic E-state index is 0.416. The van der Waals surface area contributed by atoms with E-state index in [2.05, 4.69) is 51.3 Å². The Morgan fingerprint density at radius 2 is 1.38 bits per heavy atom. The standard InChI is InChI=1S/C21H42N2O/c1-20(2,3)15-18-13-19(14-18)16-24-12-11-22-7-9-23(10-8-22)17-21(4,5)6/h18-19H,7-17H2,1-6H3. The van der Waals surface area contributed by atoms with E-state index in [1.165, 1.54) is 52.0 Å². The smallest absolute Gasteiger partial charge is 0.0593 e. The van der Waals surface area contributed by atoms with Crippen molar-refractivity contribution in [2.75, 3.05) is 52.5 Å². The average molecular weight is 339 g/mol. The summed E-state index contributed by atoms with van der Waals surface area (Å²) >= 11 is 0. The maximum Gasteiger partial charge on any atom is 0.0593 e. The second kappa shape index (κ2) is 8.51. The first-order valence-electron chi connectivity index (χ1n) is 10.1. The lowest BCUT2D eigenvalue weighted by atomic mass is 9.69. The van der Waals surface area contributed by atoms with Crippen molar-refractivity contribution in [3.63, 3.8) is 0 Å². The minimum Gasteiger partial charge on any atom is -0.380 e. The van der Waals surface area contributed by atoms with Crippen LogP contribution in [0.5, 0.6) is 0 Å². The van der Waals surface area contributed by atoms with Gasteiger partial charge in [-0.25, -0.2) is 0 Å². The van der Waals surface area contributed by atoms with Gasteiger partial charge < -0.3 is 9.64 Å². The molecule has 1 aliphatic carbocycles. The zero-order chi connectivity index (χ0) is 17.8. The molecule has 0 atom stereocenters. The van der Waals surface area contributed by atoms with Gasteiger partial charge in [-0.15, -0.1) is 0 Å². The zero-order valence-corrected chi connectivity index (χ0v) is 17.2. The number of piperazine rings is 1. The van der Waals surface area contributed by atoms with Crippen LogP contribution in [0.2, 0.25) is 0 Å². The fourth-order valence-corrected chi connectivity index (χ4v) is 4.33. The van der Waals surface area contributed by atoms with Crippen LogP contribution in [0.1, 0.15) is 60.8 Å². The van der Waals surface area contributed by atoms with E-state index >= 15 is 0 Å². The molecule has 0 spiro atoms. The molecule has 0 amide bonds. The van der Waals surface area contributed by atoms with Crippen molar-refractivity contribution >= 4 is 0 Å². The number of hydrogen-bond donors (Lipinski definition) is 0. The van der Waals surface area contributed by atoms with E-state index in [1.807, 2.05) is 0 Å². The van der Waals surface area contributed by atoms with Crippen LogP contribution in [0.3, 0.4) is 0 Å². The molecular weight excluding hydrogens is 296 g/mol. The highest BCUT2D eigenvalue weighted by molar-refractivity contribution is 4.83. The van der Waals surface area contributed by atoms with Crippen LogP contribution in [0, 0.1) is 22.7 Å². The predicted molar refractivity (Wildman–Crippen MR) is 103 cm³/mol. The molecule has 2 fully saturated rings. The summed E-state index contributed by atoms with van der Waals surface area (Å²) in [4.78, 5) is 5.18. The van der Waals surface area contributed by atoms with E-state index in [4.69, 9.17) is 4.74 Å². The van der Waals surface area contributed by atoms with Gasteiger partial charge in [0.1, 0.15) is 0 Å². The van der Waals surface area contributed by atoms with Crippen LogP contribution in [-0.4, -0.2) is 62.3 Å². The van der Waals surface area contributed by atoms with E-state index < -0.39 is 0 Å². The van der Waals surface area contributed by atoms with Gasteiger partial charge in [-0.1, -0.05) is 41.5 Å². The summed E-state index contributed by atoms with van der Waals surface area (Å²) in [5.74, 6) is 1.79. The third-order valence-electron chi connectivity index (χ3n) is 5.30. The van der Waals surface area contributed by atoms with Gasteiger partial charge in [0.05, 0.1) is 6.61 Å². The molecule has 1 saturated heterocycles. The Bertz CT molecular complexity index is 355. The molecule has 0 bridgehead atoms. The molecule has 142 valence electrons. The third-order valence-corrected chi connectivity index (χ3v) is 5.30. The molecule has 0 unspecified atom stereocenters. The molecule has 1 saturated carbocycles. The van der Waals surface area contributed by atoms with Gasteiger partial charge in [-0.2, -0.15) is 0 Å². The Labute approximate surface area is 151 Å². The van der Waals surface area contributed by atoms with E-state index in [0.717, 1.165) is 31.6 Å². The van der Waals surface area contributed by atoms with Gasteiger partial charge in [-0.3, -0.25) is 4.90 Å². The molecule has 2 aliphatic rings. The SMILES string of the molecule is CC(C)(C)CC1CC(COCCN2CCN(CC(C)(C)C)CC2)C1. The van der Waals surface area contributed by atoms with Crippen molar-refractivity contribution in [2.45, 2.75) is 60.8 Å². The molecule has 1 aliphatic heterocycles. The van der Waals surface area contributed by atoms with E-state index in [0.29, 0.717) is 10.8 Å². The number of ether oxygens (including phenoxy) is 1. The first-order chi connectivity index (χ1) is 11.1. The summed E-state index contributed by atoms with van der Waals surface area (Å²) < 4.78 is 5.97. The first kappa shape index (κ1) is 20.2. The zero-order valence-electron chi connectivity index (χ0n) is 17.2. The molecule has 0 aromatic rings. The molecule has 0 aromatic carbocycles. The maximum absolute atomic E-state index is 5.97. The fraction of sp³-hybridized carbons (Fsp3) is 1.00. The lowest BCUT2D eigenvalue weighted by Gasteiger charge is -2.39. The van der Waals surface area contributed by atoms with E-state index in [1.54, 1.807) is 0 Å². The molecular formula is C21H42N2O. The third kappa shape index (κ3) is 7.84. The highest BCUT2D eigenvalue weighted by Crippen LogP contribution is 2.41. The summed E-state index contributed by atoms with van der Waals surface area (Å²) in [6, 6.07) is 0. The average Bonchev–Trinajstić information content (AvgIpc) is 2.39. The molecule has 3 nitrogen and oxygen atoms in total. The fourth-order valence-electron chi connectivity index (χ4n) is 4.33. The largest absolute Gasteiger partial charge is 0.380 e. The van der Waals surface area contributed by atoms with Gasteiger partial charge in [0.25, 0.3) is 0 Å². The highest BCUT2D eigenvalue weighted by Gasteiger charge is 2.32. The van der Waals surface area contributed by atoms with Gasteiger partial charge >= 0.3 is 0 Å². The van der Waals surface area contributed by atoms with Crippen molar-refractivity contribution in [1.29, 1.82) is 0 Å². The van der Waals surface area contributed by atoms with Crippen LogP contribution >= 0.6 is 0 Å². The number of hydrogen-bond acceptors (Lipinski definition) is 3. The lowest BCUT2D eigenvalue weighted by molar-refractivity contribution is 0.0154. The lowest BCUT2D eigenvalue weighted by Crippen LogP contribution is -2.49. The first-order valence-corrected chi connectivity index (χ1v) is 10.1. The molecule has 2 rings (SSSR count). The Hall–Kier alpha value is -0.120. The minimum absolute atomic E-state index is 0.416. The summed E-state index contributed by atoms with van der Waals surface area (Å²) in [5, 5.41) is 0.